The highest BCUT2D eigenvalue weighted by Crippen LogP contribution is 2.13. The lowest BCUT2D eigenvalue weighted by Gasteiger charge is -2.13. The summed E-state index contributed by atoms with van der Waals surface area (Å²) >= 11 is 0. The molecule has 3 aromatic rings. The number of carbonyl (C=O) groups excluding carboxylic acids is 1. The lowest BCUT2D eigenvalue weighted by atomic mass is 10.2. The first-order chi connectivity index (χ1) is 13.7. The number of nitrogens with one attached hydrogen (secondary N) is 3. The molecule has 6 nitrogen and oxygen atoms in total. The number of nitrogens with zero attached hydrogens (tertiary/aromatic N) is 1. The average molecular weight is 508 g/mol. The molecule has 0 bridgehead atoms. The fraction of sp³-hybridized carbons (Fsp3) is 0.143. The highest BCUT2D eigenvalue weighted by atomic mass is 127. The van der Waals surface area contributed by atoms with Crippen LogP contribution in [0.2, 0.25) is 0 Å². The average Bonchev–Trinajstić information content (AvgIpc) is 3.25. The van der Waals surface area contributed by atoms with Gasteiger partial charge in [-0.2, -0.15) is 0 Å². The number of anilines is 1. The Morgan fingerprint density at radius 1 is 1.03 bits per heavy atom. The molecule has 0 fully saturated rings. The number of guanidine groups is 1. The van der Waals surface area contributed by atoms with E-state index in [2.05, 4.69) is 20.9 Å². The van der Waals surface area contributed by atoms with Gasteiger partial charge in [-0.15, -0.1) is 24.0 Å². The first-order valence-electron chi connectivity index (χ1n) is 8.77. The third-order valence-electron chi connectivity index (χ3n) is 4.02. The number of aliphatic imine (C=N–C) groups is 1. The highest BCUT2D eigenvalue weighted by Gasteiger charge is 2.09. The minimum atomic E-state index is -0.308. The summed E-state index contributed by atoms with van der Waals surface area (Å²) in [5.74, 6) is 0.234. The first kappa shape index (κ1) is 22.4. The van der Waals surface area contributed by atoms with Gasteiger partial charge in [-0.1, -0.05) is 30.3 Å². The van der Waals surface area contributed by atoms with Crippen LogP contribution in [-0.4, -0.2) is 18.9 Å². The maximum absolute atomic E-state index is 13.7. The molecule has 8 heteroatoms. The van der Waals surface area contributed by atoms with Gasteiger partial charge in [0.25, 0.3) is 5.91 Å². The Morgan fingerprint density at radius 2 is 1.83 bits per heavy atom. The van der Waals surface area contributed by atoms with Crippen LogP contribution >= 0.6 is 24.0 Å². The van der Waals surface area contributed by atoms with Gasteiger partial charge in [0.05, 0.1) is 6.26 Å². The standard InChI is InChI=1S/C21H21FN4O2.HI/c1-23-21(25-14-16-7-2-3-9-18(16)22)24-13-15-6-4-8-17(12-15)26-20(27)19-10-5-11-28-19;/h2-12H,13-14H2,1H3,(H,26,27)(H2,23,24,25);1H. The molecule has 29 heavy (non-hydrogen) atoms. The molecule has 0 spiro atoms. The molecule has 0 atom stereocenters. The number of carbonyl (C=O) groups is 1. The van der Waals surface area contributed by atoms with Gasteiger partial charge in [-0.05, 0) is 35.9 Å². The molecule has 3 rings (SSSR count). The second-order valence-corrected chi connectivity index (χ2v) is 6.00. The largest absolute Gasteiger partial charge is 0.459 e. The first-order valence-corrected chi connectivity index (χ1v) is 8.77. The van der Waals surface area contributed by atoms with Gasteiger partial charge in [-0.3, -0.25) is 9.79 Å². The van der Waals surface area contributed by atoms with E-state index in [4.69, 9.17) is 4.42 Å². The zero-order valence-corrected chi connectivity index (χ0v) is 18.1. The Balaban J connectivity index is 0.00000300. The van der Waals surface area contributed by atoms with Gasteiger partial charge in [0.15, 0.2) is 11.7 Å². The molecule has 0 unspecified atom stereocenters. The van der Waals surface area contributed by atoms with E-state index in [1.165, 1.54) is 12.3 Å². The molecule has 0 radical (unpaired) electrons. The zero-order chi connectivity index (χ0) is 19.8. The molecular weight excluding hydrogens is 486 g/mol. The van der Waals surface area contributed by atoms with Crippen LogP contribution in [0.5, 0.6) is 0 Å². The second-order valence-electron chi connectivity index (χ2n) is 6.00. The van der Waals surface area contributed by atoms with Gasteiger partial charge < -0.3 is 20.4 Å². The number of hydrogen-bond acceptors (Lipinski definition) is 3. The summed E-state index contributed by atoms with van der Waals surface area (Å²) in [6.07, 6.45) is 1.45. The highest BCUT2D eigenvalue weighted by molar-refractivity contribution is 14.0. The molecule has 1 aromatic heterocycles. The Kier molecular flexibility index (Phi) is 8.66. The minimum Gasteiger partial charge on any atom is -0.459 e. The van der Waals surface area contributed by atoms with Crippen molar-refractivity contribution in [1.29, 1.82) is 0 Å². The summed E-state index contributed by atoms with van der Waals surface area (Å²) in [7, 11) is 1.65. The smallest absolute Gasteiger partial charge is 0.291 e. The Hall–Kier alpha value is -2.88. The third-order valence-corrected chi connectivity index (χ3v) is 4.02. The molecule has 0 aliphatic carbocycles. The summed E-state index contributed by atoms with van der Waals surface area (Å²) in [5, 5.41) is 9.04. The number of benzene rings is 2. The summed E-state index contributed by atoms with van der Waals surface area (Å²) in [6, 6.07) is 17.3. The third kappa shape index (κ3) is 6.60. The van der Waals surface area contributed by atoms with Crippen LogP contribution in [0.15, 0.2) is 76.3 Å². The Morgan fingerprint density at radius 3 is 2.55 bits per heavy atom. The predicted molar refractivity (Wildman–Crippen MR) is 122 cm³/mol. The minimum absolute atomic E-state index is 0. The lowest BCUT2D eigenvalue weighted by Crippen LogP contribution is -2.36. The Labute approximate surface area is 185 Å². The summed E-state index contributed by atoms with van der Waals surface area (Å²) in [4.78, 5) is 16.2. The number of hydrogen-bond donors (Lipinski definition) is 3. The number of amides is 1. The summed E-state index contributed by atoms with van der Waals surface area (Å²) in [6.45, 7) is 0.812. The van der Waals surface area contributed by atoms with E-state index >= 15 is 0 Å². The lowest BCUT2D eigenvalue weighted by molar-refractivity contribution is 0.0996. The van der Waals surface area contributed by atoms with Crippen molar-refractivity contribution < 1.29 is 13.6 Å². The molecule has 0 saturated carbocycles. The number of rotatable bonds is 6. The van der Waals surface area contributed by atoms with Crippen molar-refractivity contribution in [3.8, 4) is 0 Å². The predicted octanol–water partition coefficient (Wildman–Crippen LogP) is 4.15. The van der Waals surface area contributed by atoms with Crippen LogP contribution in [0.25, 0.3) is 0 Å². The van der Waals surface area contributed by atoms with Gasteiger partial charge in [0.1, 0.15) is 5.82 Å². The fourth-order valence-electron chi connectivity index (χ4n) is 2.59. The fourth-order valence-corrected chi connectivity index (χ4v) is 2.59. The molecule has 1 heterocycles. The van der Waals surface area contributed by atoms with Crippen molar-refractivity contribution in [2.75, 3.05) is 12.4 Å². The molecule has 0 aliphatic rings. The monoisotopic (exact) mass is 508 g/mol. The molecule has 3 N–H and O–H groups in total. The van der Waals surface area contributed by atoms with E-state index in [-0.39, 0.29) is 41.5 Å². The van der Waals surface area contributed by atoms with E-state index in [1.54, 1.807) is 43.4 Å². The van der Waals surface area contributed by atoms with Crippen LogP contribution in [0, 0.1) is 5.82 Å². The number of furan rings is 1. The van der Waals surface area contributed by atoms with Crippen LogP contribution < -0.4 is 16.0 Å². The number of halogens is 2. The SMILES string of the molecule is CN=C(NCc1cccc(NC(=O)c2ccco2)c1)NCc1ccccc1F.I. The van der Waals surface area contributed by atoms with Gasteiger partial charge in [-0.25, -0.2) is 4.39 Å². The van der Waals surface area contributed by atoms with Crippen molar-refractivity contribution >= 4 is 41.5 Å². The van der Waals surface area contributed by atoms with E-state index in [9.17, 15) is 9.18 Å². The molecule has 0 aliphatic heterocycles. The maximum atomic E-state index is 13.7. The molecule has 1 amide bonds. The molecular formula is C21H22FIN4O2. The van der Waals surface area contributed by atoms with Crippen LogP contribution in [0.1, 0.15) is 21.7 Å². The zero-order valence-electron chi connectivity index (χ0n) is 15.8. The van der Waals surface area contributed by atoms with Crippen LogP contribution in [-0.2, 0) is 13.1 Å². The second kappa shape index (κ2) is 11.2. The summed E-state index contributed by atoms with van der Waals surface area (Å²) in [5.41, 5.74) is 2.18. The molecule has 0 saturated heterocycles. The van der Waals surface area contributed by atoms with Crippen molar-refractivity contribution in [3.05, 3.63) is 89.6 Å². The molecule has 152 valence electrons. The molecule has 2 aromatic carbocycles. The normalized spacial score (nSPS) is 10.8. The van der Waals surface area contributed by atoms with E-state index in [0.29, 0.717) is 30.3 Å². The van der Waals surface area contributed by atoms with E-state index in [1.807, 2.05) is 18.2 Å². The van der Waals surface area contributed by atoms with Crippen LogP contribution in [0.3, 0.4) is 0 Å². The topological polar surface area (TPSA) is 78.7 Å². The van der Waals surface area contributed by atoms with Gasteiger partial charge >= 0.3 is 0 Å². The maximum Gasteiger partial charge on any atom is 0.291 e. The van der Waals surface area contributed by atoms with Crippen molar-refractivity contribution in [1.82, 2.24) is 10.6 Å². The van der Waals surface area contributed by atoms with Crippen molar-refractivity contribution in [3.63, 3.8) is 0 Å². The van der Waals surface area contributed by atoms with Crippen LogP contribution in [0.4, 0.5) is 10.1 Å². The van der Waals surface area contributed by atoms with Gasteiger partial charge in [0.2, 0.25) is 0 Å². The van der Waals surface area contributed by atoms with Crippen molar-refractivity contribution in [2.24, 2.45) is 4.99 Å². The van der Waals surface area contributed by atoms with E-state index in [0.717, 1.165) is 5.56 Å². The van der Waals surface area contributed by atoms with E-state index < -0.39 is 0 Å². The van der Waals surface area contributed by atoms with Crippen molar-refractivity contribution in [2.45, 2.75) is 13.1 Å². The Bertz CT molecular complexity index is 961. The summed E-state index contributed by atoms with van der Waals surface area (Å²) < 4.78 is 18.8. The quantitative estimate of drug-likeness (QED) is 0.266. The van der Waals surface area contributed by atoms with Gasteiger partial charge in [0, 0.05) is 31.4 Å².